The molecule has 2 saturated heterocycles. The summed E-state index contributed by atoms with van der Waals surface area (Å²) in [6, 6.07) is 10.3. The Morgan fingerprint density at radius 2 is 1.86 bits per heavy atom. The Balaban J connectivity index is 1.19. The van der Waals surface area contributed by atoms with E-state index in [0.717, 1.165) is 42.2 Å². The SMILES string of the molecule is O=C(NC(CC1CCCCC1)C(=O)N1CCC2C1C(=O)CN2S(=O)(=O)Cc1ccccn1)Oc1csc2ccccc12. The van der Waals surface area contributed by atoms with Gasteiger partial charge in [-0.25, -0.2) is 13.2 Å². The number of sulfonamides is 1. The highest BCUT2D eigenvalue weighted by Gasteiger charge is 2.54. The summed E-state index contributed by atoms with van der Waals surface area (Å²) in [5.74, 6) is -0.287. The topological polar surface area (TPSA) is 126 Å². The fourth-order valence-electron chi connectivity index (χ4n) is 6.62. The normalized spacial score (nSPS) is 22.3. The number of carbonyl (C=O) groups excluding carboxylic acids is 3. The molecule has 42 heavy (non-hydrogen) atoms. The van der Waals surface area contributed by atoms with Gasteiger partial charge in [0.15, 0.2) is 11.5 Å². The van der Waals surface area contributed by atoms with E-state index in [1.165, 1.54) is 26.7 Å². The fourth-order valence-corrected chi connectivity index (χ4v) is 9.15. The molecule has 4 heterocycles. The number of ether oxygens (including phenoxy) is 1. The molecule has 1 aromatic carbocycles. The molecule has 0 radical (unpaired) electrons. The highest BCUT2D eigenvalue weighted by Crippen LogP contribution is 2.35. The molecule has 1 N–H and O–H groups in total. The molecule has 2 aliphatic heterocycles. The van der Waals surface area contributed by atoms with Gasteiger partial charge < -0.3 is 15.0 Å². The number of carbonyl (C=O) groups is 3. The number of aromatic nitrogens is 1. The van der Waals surface area contributed by atoms with E-state index in [1.54, 1.807) is 23.6 Å². The lowest BCUT2D eigenvalue weighted by atomic mass is 9.84. The van der Waals surface area contributed by atoms with Crippen LogP contribution in [0.3, 0.4) is 0 Å². The summed E-state index contributed by atoms with van der Waals surface area (Å²) in [6.45, 7) is -0.0369. The van der Waals surface area contributed by atoms with Gasteiger partial charge in [-0.1, -0.05) is 50.3 Å². The van der Waals surface area contributed by atoms with Crippen LogP contribution in [-0.2, 0) is 25.4 Å². The lowest BCUT2D eigenvalue weighted by Gasteiger charge is -2.31. The van der Waals surface area contributed by atoms with Gasteiger partial charge in [0.25, 0.3) is 0 Å². The standard InChI is InChI=1S/C30H34N4O6S2/c35-25-17-34(42(38,39)19-21-10-6-7-14-31-21)24-13-15-33(28(24)25)29(36)23(16-20-8-2-1-3-9-20)32-30(37)40-26-18-41-27-12-5-4-11-22(26)27/h4-7,10-12,14,18,20,23-24,28H,1-3,8-9,13,15-17,19H2,(H,32,37). The molecule has 2 amide bonds. The van der Waals surface area contributed by atoms with Crippen molar-refractivity contribution < 1.29 is 27.5 Å². The van der Waals surface area contributed by atoms with E-state index in [9.17, 15) is 22.8 Å². The molecular weight excluding hydrogens is 576 g/mol. The highest BCUT2D eigenvalue weighted by molar-refractivity contribution is 7.88. The monoisotopic (exact) mass is 610 g/mol. The smallest absolute Gasteiger partial charge is 0.409 e. The summed E-state index contributed by atoms with van der Waals surface area (Å²) in [7, 11) is -3.84. The number of ketones is 1. The maximum atomic E-state index is 14.0. The molecule has 3 atom stereocenters. The second-order valence-corrected chi connectivity index (χ2v) is 14.2. The minimum absolute atomic E-state index is 0.239. The summed E-state index contributed by atoms with van der Waals surface area (Å²) in [5.41, 5.74) is 0.396. The average Bonchev–Trinajstić information content (AvgIpc) is 3.69. The number of nitrogens with one attached hydrogen (secondary N) is 1. The van der Waals surface area contributed by atoms with Crippen molar-refractivity contribution in [3.63, 3.8) is 0 Å². The van der Waals surface area contributed by atoms with Crippen LogP contribution < -0.4 is 10.1 Å². The Morgan fingerprint density at radius 1 is 1.07 bits per heavy atom. The van der Waals surface area contributed by atoms with Gasteiger partial charge in [-0.05, 0) is 43.0 Å². The predicted molar refractivity (Wildman–Crippen MR) is 158 cm³/mol. The van der Waals surface area contributed by atoms with Crippen LogP contribution in [0, 0.1) is 5.92 Å². The number of thiophene rings is 1. The first-order valence-electron chi connectivity index (χ1n) is 14.5. The summed E-state index contributed by atoms with van der Waals surface area (Å²) in [6.07, 6.45) is 6.86. The van der Waals surface area contributed by atoms with Crippen molar-refractivity contribution in [2.75, 3.05) is 13.1 Å². The minimum Gasteiger partial charge on any atom is -0.409 e. The molecule has 0 bridgehead atoms. The van der Waals surface area contributed by atoms with Crippen LogP contribution in [0.25, 0.3) is 10.1 Å². The third-order valence-electron chi connectivity index (χ3n) is 8.61. The fraction of sp³-hybridized carbons (Fsp3) is 0.467. The van der Waals surface area contributed by atoms with Gasteiger partial charge >= 0.3 is 6.09 Å². The van der Waals surface area contributed by atoms with Gasteiger partial charge in [0.1, 0.15) is 17.8 Å². The molecule has 3 fully saturated rings. The number of hydrogen-bond donors (Lipinski definition) is 1. The van der Waals surface area contributed by atoms with Crippen molar-refractivity contribution in [3.05, 3.63) is 59.7 Å². The number of likely N-dealkylation sites (tertiary alicyclic amines) is 1. The Kier molecular flexibility index (Phi) is 8.28. The molecular formula is C30H34N4O6S2. The molecule has 3 aromatic rings. The van der Waals surface area contributed by atoms with Crippen molar-refractivity contribution in [1.29, 1.82) is 0 Å². The van der Waals surface area contributed by atoms with Gasteiger partial charge in [-0.15, -0.1) is 11.3 Å². The van der Waals surface area contributed by atoms with Gasteiger partial charge in [0.2, 0.25) is 15.9 Å². The molecule has 1 saturated carbocycles. The number of rotatable bonds is 8. The van der Waals surface area contributed by atoms with Crippen LogP contribution >= 0.6 is 11.3 Å². The average molecular weight is 611 g/mol. The quantitative estimate of drug-likeness (QED) is 0.407. The van der Waals surface area contributed by atoms with Crippen molar-refractivity contribution in [2.45, 2.75) is 68.8 Å². The molecule has 3 unspecified atom stereocenters. The van der Waals surface area contributed by atoms with Crippen molar-refractivity contribution >= 4 is 49.2 Å². The number of benzene rings is 1. The van der Waals surface area contributed by atoms with E-state index in [2.05, 4.69) is 10.3 Å². The number of hydrogen-bond acceptors (Lipinski definition) is 8. The predicted octanol–water partition coefficient (Wildman–Crippen LogP) is 4.11. The third kappa shape index (κ3) is 5.93. The van der Waals surface area contributed by atoms with E-state index in [1.807, 2.05) is 24.3 Å². The van der Waals surface area contributed by atoms with Gasteiger partial charge in [0, 0.05) is 28.2 Å². The van der Waals surface area contributed by atoms with Crippen LogP contribution in [0.15, 0.2) is 54.0 Å². The number of nitrogens with zero attached hydrogens (tertiary/aromatic N) is 3. The lowest BCUT2D eigenvalue weighted by molar-refractivity contribution is -0.138. The van der Waals surface area contributed by atoms with Crippen LogP contribution in [0.2, 0.25) is 0 Å². The van der Waals surface area contributed by atoms with E-state index < -0.39 is 34.2 Å². The lowest BCUT2D eigenvalue weighted by Crippen LogP contribution is -2.53. The molecule has 3 aliphatic rings. The summed E-state index contributed by atoms with van der Waals surface area (Å²) in [5, 5.41) is 5.40. The second kappa shape index (κ2) is 12.1. The maximum absolute atomic E-state index is 14.0. The maximum Gasteiger partial charge on any atom is 0.413 e. The Morgan fingerprint density at radius 3 is 2.64 bits per heavy atom. The molecule has 222 valence electrons. The first-order chi connectivity index (χ1) is 20.3. The van der Waals surface area contributed by atoms with E-state index in [4.69, 9.17) is 4.74 Å². The zero-order chi connectivity index (χ0) is 29.3. The zero-order valence-corrected chi connectivity index (χ0v) is 24.8. The number of fused-ring (bicyclic) bond motifs is 2. The molecule has 2 aromatic heterocycles. The molecule has 6 rings (SSSR count). The zero-order valence-electron chi connectivity index (χ0n) is 23.2. The van der Waals surface area contributed by atoms with Gasteiger partial charge in [0.05, 0.1) is 18.3 Å². The Labute approximate surface area is 249 Å². The second-order valence-electron chi connectivity index (χ2n) is 11.3. The number of pyridine rings is 1. The van der Waals surface area contributed by atoms with Crippen molar-refractivity contribution in [1.82, 2.24) is 19.5 Å². The Bertz CT molecular complexity index is 1570. The van der Waals surface area contributed by atoms with E-state index in [-0.39, 0.29) is 36.5 Å². The van der Waals surface area contributed by atoms with Crippen molar-refractivity contribution in [2.24, 2.45) is 5.92 Å². The molecule has 10 nitrogen and oxygen atoms in total. The summed E-state index contributed by atoms with van der Waals surface area (Å²) < 4.78 is 34.5. The number of Topliss-reactive ketones (excluding diaryl/α,β-unsaturated/α-hetero) is 1. The van der Waals surface area contributed by atoms with Crippen LogP contribution in [0.1, 0.15) is 50.6 Å². The summed E-state index contributed by atoms with van der Waals surface area (Å²) in [4.78, 5) is 46.0. The number of amides is 2. The third-order valence-corrected chi connectivity index (χ3v) is 11.3. The van der Waals surface area contributed by atoms with Crippen molar-refractivity contribution in [3.8, 4) is 5.75 Å². The largest absolute Gasteiger partial charge is 0.413 e. The van der Waals surface area contributed by atoms with E-state index in [0.29, 0.717) is 24.3 Å². The van der Waals surface area contributed by atoms with Gasteiger partial charge in [-0.2, -0.15) is 4.31 Å². The highest BCUT2D eigenvalue weighted by atomic mass is 32.2. The Hall–Kier alpha value is -3.35. The minimum atomic E-state index is -3.84. The van der Waals surface area contributed by atoms with Gasteiger partial charge in [-0.3, -0.25) is 14.6 Å². The summed E-state index contributed by atoms with van der Waals surface area (Å²) >= 11 is 1.47. The molecule has 1 aliphatic carbocycles. The van der Waals surface area contributed by atoms with Crippen LogP contribution in [0.4, 0.5) is 4.79 Å². The van der Waals surface area contributed by atoms with Crippen LogP contribution in [-0.4, -0.2) is 71.6 Å². The first kappa shape index (κ1) is 28.8. The molecule has 0 spiro atoms. The van der Waals surface area contributed by atoms with E-state index >= 15 is 0 Å². The molecule has 12 heteroatoms. The first-order valence-corrected chi connectivity index (χ1v) is 17.0. The van der Waals surface area contributed by atoms with Crippen LogP contribution in [0.5, 0.6) is 5.75 Å².